The number of ether oxygens (including phenoxy) is 1. The zero-order chi connectivity index (χ0) is 13.7. The Morgan fingerprint density at radius 2 is 1.58 bits per heavy atom. The first-order valence-electron chi connectivity index (χ1n) is 5.56. The summed E-state index contributed by atoms with van der Waals surface area (Å²) in [5, 5.41) is 0.965. The standard InChI is InChI=1S/C15H10Cl2O2/c16-13-7-4-8-14(17)12(13)9-10-15(18)19-11-5-2-1-3-6-11/h1-10H/b10-9+. The molecule has 0 amide bonds. The maximum Gasteiger partial charge on any atom is 0.336 e. The second-order valence-corrected chi connectivity index (χ2v) is 4.52. The molecular weight excluding hydrogens is 283 g/mol. The average molecular weight is 293 g/mol. The van der Waals surface area contributed by atoms with Crippen LogP contribution in [0.1, 0.15) is 5.56 Å². The van der Waals surface area contributed by atoms with Crippen LogP contribution in [0.2, 0.25) is 10.0 Å². The van der Waals surface area contributed by atoms with E-state index in [1.54, 1.807) is 42.5 Å². The Morgan fingerprint density at radius 3 is 2.21 bits per heavy atom. The van der Waals surface area contributed by atoms with Gasteiger partial charge in [0.15, 0.2) is 0 Å². The first kappa shape index (κ1) is 13.7. The Labute approximate surface area is 121 Å². The largest absolute Gasteiger partial charge is 0.423 e. The van der Waals surface area contributed by atoms with Crippen LogP contribution < -0.4 is 4.74 Å². The lowest BCUT2D eigenvalue weighted by molar-refractivity contribution is -0.128. The summed E-state index contributed by atoms with van der Waals surface area (Å²) in [5.41, 5.74) is 0.593. The number of para-hydroxylation sites is 1. The second kappa shape index (κ2) is 6.41. The fourth-order valence-corrected chi connectivity index (χ4v) is 1.98. The van der Waals surface area contributed by atoms with Crippen LogP contribution in [0.4, 0.5) is 0 Å². The minimum atomic E-state index is -0.484. The van der Waals surface area contributed by atoms with E-state index in [0.29, 0.717) is 21.4 Å². The van der Waals surface area contributed by atoms with Crippen LogP contribution in [0.3, 0.4) is 0 Å². The second-order valence-electron chi connectivity index (χ2n) is 3.70. The van der Waals surface area contributed by atoms with Gasteiger partial charge in [-0.05, 0) is 30.3 Å². The molecule has 2 rings (SSSR count). The first-order valence-corrected chi connectivity index (χ1v) is 6.31. The summed E-state index contributed by atoms with van der Waals surface area (Å²) < 4.78 is 5.10. The van der Waals surface area contributed by atoms with E-state index in [-0.39, 0.29) is 0 Å². The van der Waals surface area contributed by atoms with Gasteiger partial charge in [-0.1, -0.05) is 47.5 Å². The lowest BCUT2D eigenvalue weighted by Crippen LogP contribution is -2.03. The van der Waals surface area contributed by atoms with Gasteiger partial charge in [0, 0.05) is 21.7 Å². The van der Waals surface area contributed by atoms with Crippen molar-refractivity contribution in [1.29, 1.82) is 0 Å². The maximum absolute atomic E-state index is 11.6. The van der Waals surface area contributed by atoms with Crippen LogP contribution in [-0.4, -0.2) is 5.97 Å². The summed E-state index contributed by atoms with van der Waals surface area (Å²) in [6, 6.07) is 14.0. The minimum Gasteiger partial charge on any atom is -0.423 e. The fourth-order valence-electron chi connectivity index (χ4n) is 1.46. The Balaban J connectivity index is 2.09. The van der Waals surface area contributed by atoms with Crippen LogP contribution >= 0.6 is 23.2 Å². The molecule has 0 unspecified atom stereocenters. The molecule has 0 saturated heterocycles. The molecule has 96 valence electrons. The molecule has 0 aromatic heterocycles. The Kier molecular flexibility index (Phi) is 4.61. The summed E-state index contributed by atoms with van der Waals surface area (Å²) in [4.78, 5) is 11.6. The zero-order valence-corrected chi connectivity index (χ0v) is 11.4. The molecule has 2 aromatic carbocycles. The molecule has 0 aliphatic rings. The van der Waals surface area contributed by atoms with Crippen molar-refractivity contribution in [1.82, 2.24) is 0 Å². The van der Waals surface area contributed by atoms with Gasteiger partial charge < -0.3 is 4.74 Å². The van der Waals surface area contributed by atoms with Gasteiger partial charge in [0.1, 0.15) is 5.75 Å². The highest BCUT2D eigenvalue weighted by Crippen LogP contribution is 2.25. The van der Waals surface area contributed by atoms with Gasteiger partial charge in [0.2, 0.25) is 0 Å². The van der Waals surface area contributed by atoms with E-state index in [1.165, 1.54) is 12.2 Å². The maximum atomic E-state index is 11.6. The summed E-state index contributed by atoms with van der Waals surface area (Å²) >= 11 is 12.0. The number of benzene rings is 2. The molecule has 2 nitrogen and oxygen atoms in total. The Bertz CT molecular complexity index is 587. The highest BCUT2D eigenvalue weighted by Gasteiger charge is 2.03. The third kappa shape index (κ3) is 3.85. The van der Waals surface area contributed by atoms with Gasteiger partial charge in [0.25, 0.3) is 0 Å². The Hall–Kier alpha value is -1.77. The van der Waals surface area contributed by atoms with Gasteiger partial charge in [-0.25, -0.2) is 4.79 Å². The summed E-state index contributed by atoms with van der Waals surface area (Å²) in [7, 11) is 0. The van der Waals surface area contributed by atoms with Gasteiger partial charge in [-0.2, -0.15) is 0 Å². The first-order chi connectivity index (χ1) is 9.16. The fraction of sp³-hybridized carbons (Fsp3) is 0. The van der Waals surface area contributed by atoms with Crippen LogP contribution in [0, 0.1) is 0 Å². The topological polar surface area (TPSA) is 26.3 Å². The van der Waals surface area contributed by atoms with E-state index in [4.69, 9.17) is 27.9 Å². The van der Waals surface area contributed by atoms with Crippen LogP contribution in [0.25, 0.3) is 6.08 Å². The molecule has 0 aliphatic heterocycles. The third-order valence-corrected chi connectivity index (χ3v) is 3.01. The molecule has 2 aromatic rings. The van der Waals surface area contributed by atoms with E-state index >= 15 is 0 Å². The lowest BCUT2D eigenvalue weighted by Gasteiger charge is -2.02. The number of halogens is 2. The molecule has 0 fully saturated rings. The molecule has 0 heterocycles. The van der Waals surface area contributed by atoms with Crippen molar-refractivity contribution in [2.75, 3.05) is 0 Å². The van der Waals surface area contributed by atoms with Crippen molar-refractivity contribution >= 4 is 35.2 Å². The van der Waals surface area contributed by atoms with E-state index in [1.807, 2.05) is 6.07 Å². The predicted molar refractivity (Wildman–Crippen MR) is 77.6 cm³/mol. The number of hydrogen-bond acceptors (Lipinski definition) is 2. The van der Waals surface area contributed by atoms with E-state index in [9.17, 15) is 4.79 Å². The zero-order valence-electron chi connectivity index (χ0n) is 9.85. The number of rotatable bonds is 3. The van der Waals surface area contributed by atoms with Crippen molar-refractivity contribution in [2.45, 2.75) is 0 Å². The molecule has 4 heteroatoms. The molecule has 0 atom stereocenters. The van der Waals surface area contributed by atoms with Gasteiger partial charge in [0.05, 0.1) is 0 Å². The third-order valence-electron chi connectivity index (χ3n) is 2.35. The van der Waals surface area contributed by atoms with Crippen molar-refractivity contribution in [3.8, 4) is 5.75 Å². The van der Waals surface area contributed by atoms with Gasteiger partial charge >= 0.3 is 5.97 Å². The molecule has 0 bridgehead atoms. The monoisotopic (exact) mass is 292 g/mol. The highest BCUT2D eigenvalue weighted by atomic mass is 35.5. The molecule has 0 radical (unpaired) electrons. The number of carbonyl (C=O) groups excluding carboxylic acids is 1. The molecular formula is C15H10Cl2O2. The highest BCUT2D eigenvalue weighted by molar-refractivity contribution is 6.37. The van der Waals surface area contributed by atoms with Gasteiger partial charge in [-0.15, -0.1) is 0 Å². The van der Waals surface area contributed by atoms with E-state index < -0.39 is 5.97 Å². The molecule has 19 heavy (non-hydrogen) atoms. The predicted octanol–water partition coefficient (Wildman–Crippen LogP) is 4.61. The minimum absolute atomic E-state index is 0.483. The van der Waals surface area contributed by atoms with Crippen molar-refractivity contribution in [3.05, 3.63) is 70.2 Å². The summed E-state index contributed by atoms with van der Waals surface area (Å²) in [6.07, 6.45) is 2.83. The molecule has 0 aliphatic carbocycles. The van der Waals surface area contributed by atoms with Crippen LogP contribution in [-0.2, 0) is 4.79 Å². The smallest absolute Gasteiger partial charge is 0.336 e. The lowest BCUT2D eigenvalue weighted by atomic mass is 10.2. The quantitative estimate of drug-likeness (QED) is 0.469. The average Bonchev–Trinajstić information content (AvgIpc) is 2.39. The van der Waals surface area contributed by atoms with E-state index in [0.717, 1.165) is 0 Å². The molecule has 0 N–H and O–H groups in total. The SMILES string of the molecule is O=C(/C=C/c1c(Cl)cccc1Cl)Oc1ccccc1. The summed E-state index contributed by atoms with van der Waals surface area (Å²) in [5.74, 6) is 0.00425. The molecule has 0 saturated carbocycles. The van der Waals surface area contributed by atoms with Crippen LogP contribution in [0.15, 0.2) is 54.6 Å². The van der Waals surface area contributed by atoms with Crippen molar-refractivity contribution in [2.24, 2.45) is 0 Å². The van der Waals surface area contributed by atoms with Gasteiger partial charge in [-0.3, -0.25) is 0 Å². The van der Waals surface area contributed by atoms with Crippen molar-refractivity contribution < 1.29 is 9.53 Å². The Morgan fingerprint density at radius 1 is 0.947 bits per heavy atom. The van der Waals surface area contributed by atoms with Crippen LogP contribution in [0.5, 0.6) is 5.75 Å². The number of esters is 1. The normalized spacial score (nSPS) is 10.6. The number of carbonyl (C=O) groups is 1. The van der Waals surface area contributed by atoms with Crippen molar-refractivity contribution in [3.63, 3.8) is 0 Å². The molecule has 0 spiro atoms. The number of hydrogen-bond donors (Lipinski definition) is 0. The summed E-state index contributed by atoms with van der Waals surface area (Å²) in [6.45, 7) is 0. The van der Waals surface area contributed by atoms with E-state index in [2.05, 4.69) is 0 Å².